The molecule has 0 bridgehead atoms. The lowest BCUT2D eigenvalue weighted by atomic mass is 10.1. The highest BCUT2D eigenvalue weighted by molar-refractivity contribution is 5.55. The van der Waals surface area contributed by atoms with Crippen molar-refractivity contribution < 1.29 is 18.3 Å². The molecule has 0 saturated carbocycles. The van der Waals surface area contributed by atoms with Crippen LogP contribution in [0.2, 0.25) is 0 Å². The maximum absolute atomic E-state index is 13.7. The van der Waals surface area contributed by atoms with Crippen molar-refractivity contribution in [2.75, 3.05) is 19.5 Å². The zero-order valence-electron chi connectivity index (χ0n) is 12.1. The standard InChI is InChI=1S/C16H17F2NO2/c1-10(13-8-11(17)4-6-14(13)18)19-12-5-7-15(20-2)16(9-12)21-3/h4-10,19H,1-3H3. The Hall–Kier alpha value is -2.30. The van der Waals surface area contributed by atoms with Gasteiger partial charge in [0, 0.05) is 17.3 Å². The molecule has 3 nitrogen and oxygen atoms in total. The zero-order chi connectivity index (χ0) is 15.4. The van der Waals surface area contributed by atoms with E-state index in [1.54, 1.807) is 32.2 Å². The quantitative estimate of drug-likeness (QED) is 0.898. The normalized spacial score (nSPS) is 11.9. The van der Waals surface area contributed by atoms with E-state index < -0.39 is 11.6 Å². The Morgan fingerprint density at radius 3 is 2.33 bits per heavy atom. The highest BCUT2D eigenvalue weighted by Gasteiger charge is 2.13. The van der Waals surface area contributed by atoms with Crippen LogP contribution in [0.15, 0.2) is 36.4 Å². The summed E-state index contributed by atoms with van der Waals surface area (Å²) in [6.45, 7) is 1.76. The van der Waals surface area contributed by atoms with Crippen LogP contribution in [0.3, 0.4) is 0 Å². The van der Waals surface area contributed by atoms with E-state index in [2.05, 4.69) is 5.32 Å². The van der Waals surface area contributed by atoms with Crippen molar-refractivity contribution in [1.82, 2.24) is 0 Å². The fourth-order valence-electron chi connectivity index (χ4n) is 2.10. The van der Waals surface area contributed by atoms with Crippen LogP contribution in [0, 0.1) is 11.6 Å². The van der Waals surface area contributed by atoms with E-state index in [4.69, 9.17) is 9.47 Å². The van der Waals surface area contributed by atoms with Gasteiger partial charge >= 0.3 is 0 Å². The second-order valence-electron chi connectivity index (χ2n) is 4.60. The van der Waals surface area contributed by atoms with Crippen molar-refractivity contribution in [2.24, 2.45) is 0 Å². The molecule has 0 saturated heterocycles. The minimum absolute atomic E-state index is 0.268. The summed E-state index contributed by atoms with van der Waals surface area (Å²) in [6.07, 6.45) is 0. The van der Waals surface area contributed by atoms with E-state index in [-0.39, 0.29) is 11.6 Å². The Bertz CT molecular complexity index is 632. The van der Waals surface area contributed by atoms with Gasteiger partial charge in [0.25, 0.3) is 0 Å². The van der Waals surface area contributed by atoms with Crippen LogP contribution >= 0.6 is 0 Å². The van der Waals surface area contributed by atoms with E-state index in [1.165, 1.54) is 13.2 Å². The summed E-state index contributed by atoms with van der Waals surface area (Å²) >= 11 is 0. The molecule has 21 heavy (non-hydrogen) atoms. The zero-order valence-corrected chi connectivity index (χ0v) is 12.1. The van der Waals surface area contributed by atoms with Gasteiger partial charge in [-0.2, -0.15) is 0 Å². The maximum Gasteiger partial charge on any atom is 0.162 e. The van der Waals surface area contributed by atoms with Crippen LogP contribution in [0.5, 0.6) is 11.5 Å². The summed E-state index contributed by atoms with van der Waals surface area (Å²) in [5.41, 5.74) is 0.994. The number of nitrogens with one attached hydrogen (secondary N) is 1. The molecule has 1 atom stereocenters. The summed E-state index contributed by atoms with van der Waals surface area (Å²) in [5.74, 6) is 0.256. The van der Waals surface area contributed by atoms with Gasteiger partial charge in [-0.05, 0) is 37.3 Å². The van der Waals surface area contributed by atoms with E-state index in [0.717, 1.165) is 17.8 Å². The van der Waals surface area contributed by atoms with Crippen molar-refractivity contribution >= 4 is 5.69 Å². The summed E-state index contributed by atoms with van der Waals surface area (Å²) in [6, 6.07) is 8.30. The molecule has 0 aliphatic rings. The predicted octanol–water partition coefficient (Wildman–Crippen LogP) is 4.16. The van der Waals surface area contributed by atoms with Gasteiger partial charge in [0.15, 0.2) is 11.5 Å². The molecule has 0 aliphatic carbocycles. The third-order valence-corrected chi connectivity index (χ3v) is 3.19. The number of hydrogen-bond acceptors (Lipinski definition) is 3. The Morgan fingerprint density at radius 2 is 1.67 bits per heavy atom. The molecule has 0 fully saturated rings. The Morgan fingerprint density at radius 1 is 0.952 bits per heavy atom. The summed E-state index contributed by atoms with van der Waals surface area (Å²) in [4.78, 5) is 0. The Labute approximate surface area is 122 Å². The van der Waals surface area contributed by atoms with Crippen molar-refractivity contribution in [2.45, 2.75) is 13.0 Å². The first kappa shape index (κ1) is 15.1. The molecule has 0 radical (unpaired) electrons. The van der Waals surface area contributed by atoms with Crippen molar-refractivity contribution in [3.63, 3.8) is 0 Å². The van der Waals surface area contributed by atoms with Gasteiger partial charge in [-0.3, -0.25) is 0 Å². The van der Waals surface area contributed by atoms with Gasteiger partial charge < -0.3 is 14.8 Å². The van der Waals surface area contributed by atoms with Crippen LogP contribution in [0.4, 0.5) is 14.5 Å². The molecule has 5 heteroatoms. The van der Waals surface area contributed by atoms with Gasteiger partial charge in [-0.25, -0.2) is 8.78 Å². The summed E-state index contributed by atoms with van der Waals surface area (Å²) in [5, 5.41) is 3.11. The molecular weight excluding hydrogens is 276 g/mol. The molecule has 0 spiro atoms. The minimum Gasteiger partial charge on any atom is -0.493 e. The number of ether oxygens (including phenoxy) is 2. The average molecular weight is 293 g/mol. The second-order valence-corrected chi connectivity index (χ2v) is 4.60. The lowest BCUT2D eigenvalue weighted by Gasteiger charge is -2.18. The smallest absolute Gasteiger partial charge is 0.162 e. The average Bonchev–Trinajstić information content (AvgIpc) is 2.49. The van der Waals surface area contributed by atoms with Crippen LogP contribution in [-0.2, 0) is 0 Å². The van der Waals surface area contributed by atoms with Gasteiger partial charge in [0.05, 0.1) is 20.3 Å². The molecule has 1 N–H and O–H groups in total. The van der Waals surface area contributed by atoms with E-state index in [9.17, 15) is 8.78 Å². The summed E-state index contributed by atoms with van der Waals surface area (Å²) < 4.78 is 37.3. The number of methoxy groups -OCH3 is 2. The van der Waals surface area contributed by atoms with Crippen molar-refractivity contribution in [3.05, 3.63) is 53.6 Å². The van der Waals surface area contributed by atoms with Crippen LogP contribution in [0.25, 0.3) is 0 Å². The van der Waals surface area contributed by atoms with Crippen LogP contribution < -0.4 is 14.8 Å². The molecule has 2 aromatic carbocycles. The Balaban J connectivity index is 2.23. The molecule has 0 amide bonds. The molecular formula is C16H17F2NO2. The fraction of sp³-hybridized carbons (Fsp3) is 0.250. The number of anilines is 1. The molecule has 112 valence electrons. The monoisotopic (exact) mass is 293 g/mol. The van der Waals surface area contributed by atoms with E-state index in [1.807, 2.05) is 0 Å². The van der Waals surface area contributed by atoms with Crippen molar-refractivity contribution in [1.29, 1.82) is 0 Å². The molecule has 1 unspecified atom stereocenters. The molecule has 0 aromatic heterocycles. The topological polar surface area (TPSA) is 30.5 Å². The number of halogens is 2. The third-order valence-electron chi connectivity index (χ3n) is 3.19. The first-order chi connectivity index (χ1) is 10.0. The van der Waals surface area contributed by atoms with Crippen molar-refractivity contribution in [3.8, 4) is 11.5 Å². The molecule has 0 aliphatic heterocycles. The lowest BCUT2D eigenvalue weighted by molar-refractivity contribution is 0.355. The SMILES string of the molecule is COc1ccc(NC(C)c2cc(F)ccc2F)cc1OC. The largest absolute Gasteiger partial charge is 0.493 e. The summed E-state index contributed by atoms with van der Waals surface area (Å²) in [7, 11) is 3.09. The molecule has 0 heterocycles. The molecule has 2 aromatic rings. The predicted molar refractivity (Wildman–Crippen MR) is 77.9 cm³/mol. The van der Waals surface area contributed by atoms with Gasteiger partial charge in [0.1, 0.15) is 11.6 Å². The minimum atomic E-state index is -0.465. The number of benzene rings is 2. The highest BCUT2D eigenvalue weighted by atomic mass is 19.1. The number of rotatable bonds is 5. The fourth-order valence-corrected chi connectivity index (χ4v) is 2.10. The number of hydrogen-bond donors (Lipinski definition) is 1. The van der Waals surface area contributed by atoms with Crippen LogP contribution in [0.1, 0.15) is 18.5 Å². The van der Waals surface area contributed by atoms with Gasteiger partial charge in [-0.1, -0.05) is 0 Å². The van der Waals surface area contributed by atoms with Gasteiger partial charge in [-0.15, -0.1) is 0 Å². The lowest BCUT2D eigenvalue weighted by Crippen LogP contribution is -2.09. The second kappa shape index (κ2) is 6.43. The van der Waals surface area contributed by atoms with Crippen LogP contribution in [-0.4, -0.2) is 14.2 Å². The van der Waals surface area contributed by atoms with Gasteiger partial charge in [0.2, 0.25) is 0 Å². The highest BCUT2D eigenvalue weighted by Crippen LogP contribution is 2.31. The first-order valence-electron chi connectivity index (χ1n) is 6.48. The van der Waals surface area contributed by atoms with E-state index in [0.29, 0.717) is 11.5 Å². The van der Waals surface area contributed by atoms with E-state index >= 15 is 0 Å². The third kappa shape index (κ3) is 3.42. The maximum atomic E-state index is 13.7. The first-order valence-corrected chi connectivity index (χ1v) is 6.48. The molecule has 2 rings (SSSR count). The Kier molecular flexibility index (Phi) is 4.62.